The topological polar surface area (TPSA) is 92.3 Å². The highest BCUT2D eigenvalue weighted by molar-refractivity contribution is 6.32. The highest BCUT2D eigenvalue weighted by Gasteiger charge is 2.14. The Bertz CT molecular complexity index is 655. The molecule has 0 aliphatic carbocycles. The lowest BCUT2D eigenvalue weighted by atomic mass is 10.1. The number of carbonyl (C=O) groups excluding carboxylic acids is 1. The minimum atomic E-state index is -0.527. The van der Waals surface area contributed by atoms with Gasteiger partial charge in [0.05, 0.1) is 18.7 Å². The van der Waals surface area contributed by atoms with Crippen LogP contribution in [0, 0.1) is 22.7 Å². The molecule has 1 aromatic rings. The van der Waals surface area contributed by atoms with Gasteiger partial charge in [0.15, 0.2) is 18.1 Å². The van der Waals surface area contributed by atoms with Crippen LogP contribution in [0.25, 0.3) is 6.08 Å². The van der Waals surface area contributed by atoms with E-state index in [-0.39, 0.29) is 35.3 Å². The van der Waals surface area contributed by atoms with Crippen LogP contribution in [-0.2, 0) is 9.53 Å². The van der Waals surface area contributed by atoms with Crippen LogP contribution >= 0.6 is 11.6 Å². The molecule has 6 nitrogen and oxygen atoms in total. The monoisotopic (exact) mass is 320 g/mol. The summed E-state index contributed by atoms with van der Waals surface area (Å²) < 4.78 is 15.2. The van der Waals surface area contributed by atoms with Crippen LogP contribution in [0.1, 0.15) is 12.5 Å². The van der Waals surface area contributed by atoms with Gasteiger partial charge in [0.1, 0.15) is 17.7 Å². The molecule has 0 saturated carbocycles. The number of benzene rings is 1. The van der Waals surface area contributed by atoms with E-state index < -0.39 is 5.97 Å². The van der Waals surface area contributed by atoms with E-state index >= 15 is 0 Å². The molecule has 7 heteroatoms. The van der Waals surface area contributed by atoms with Gasteiger partial charge >= 0.3 is 5.97 Å². The maximum Gasteiger partial charge on any atom is 0.344 e. The van der Waals surface area contributed by atoms with E-state index in [2.05, 4.69) is 0 Å². The summed E-state index contributed by atoms with van der Waals surface area (Å²) in [5.41, 5.74) is 0.432. The maximum atomic E-state index is 11.3. The predicted molar refractivity (Wildman–Crippen MR) is 79.3 cm³/mol. The van der Waals surface area contributed by atoms with Crippen molar-refractivity contribution in [2.45, 2.75) is 6.92 Å². The Labute approximate surface area is 133 Å². The Balaban J connectivity index is 3.07. The second-order valence-corrected chi connectivity index (χ2v) is 4.32. The second kappa shape index (κ2) is 8.56. The average Bonchev–Trinajstić information content (AvgIpc) is 2.51. The molecule has 0 aliphatic rings. The van der Waals surface area contributed by atoms with E-state index in [0.29, 0.717) is 5.56 Å². The number of halogens is 1. The van der Waals surface area contributed by atoms with Crippen molar-refractivity contribution in [1.82, 2.24) is 0 Å². The van der Waals surface area contributed by atoms with Crippen molar-refractivity contribution >= 4 is 23.6 Å². The summed E-state index contributed by atoms with van der Waals surface area (Å²) in [5.74, 6) is -0.0658. The van der Waals surface area contributed by atoms with Gasteiger partial charge in [-0.25, -0.2) is 4.79 Å². The smallest absolute Gasteiger partial charge is 0.344 e. The number of rotatable bonds is 6. The van der Waals surface area contributed by atoms with Crippen molar-refractivity contribution < 1.29 is 19.0 Å². The molecule has 0 saturated heterocycles. The number of carbonyl (C=O) groups is 1. The Hall–Kier alpha value is -2.70. The van der Waals surface area contributed by atoms with Crippen molar-refractivity contribution in [3.8, 4) is 23.6 Å². The number of esters is 1. The highest BCUT2D eigenvalue weighted by atomic mass is 35.5. The lowest BCUT2D eigenvalue weighted by molar-refractivity contribution is -0.145. The van der Waals surface area contributed by atoms with Gasteiger partial charge in [-0.3, -0.25) is 0 Å². The van der Waals surface area contributed by atoms with Crippen LogP contribution in [0.3, 0.4) is 0 Å². The quantitative estimate of drug-likeness (QED) is 0.591. The molecule has 0 unspecified atom stereocenters. The SMILES string of the molecule is CCOC(=O)COc1c(Cl)cc(C=C(C#N)C#N)cc1OC. The molecular formula is C15H13ClN2O4. The first-order chi connectivity index (χ1) is 10.5. The fraction of sp³-hybridized carbons (Fsp3) is 0.267. The Morgan fingerprint density at radius 3 is 2.59 bits per heavy atom. The number of allylic oxidation sites excluding steroid dienone is 1. The van der Waals surface area contributed by atoms with E-state index in [1.54, 1.807) is 25.1 Å². The van der Waals surface area contributed by atoms with Gasteiger partial charge in [0, 0.05) is 0 Å². The summed E-state index contributed by atoms with van der Waals surface area (Å²) in [6, 6.07) is 6.54. The van der Waals surface area contributed by atoms with Gasteiger partial charge in [0.2, 0.25) is 0 Å². The first-order valence-corrected chi connectivity index (χ1v) is 6.61. The summed E-state index contributed by atoms with van der Waals surface area (Å²) in [5, 5.41) is 17.7. The largest absolute Gasteiger partial charge is 0.493 e. The van der Waals surface area contributed by atoms with Gasteiger partial charge in [-0.15, -0.1) is 0 Å². The average molecular weight is 321 g/mol. The van der Waals surface area contributed by atoms with Gasteiger partial charge < -0.3 is 14.2 Å². The second-order valence-electron chi connectivity index (χ2n) is 3.91. The molecule has 0 atom stereocenters. The fourth-order valence-corrected chi connectivity index (χ4v) is 1.83. The van der Waals surface area contributed by atoms with Crippen LogP contribution in [0.5, 0.6) is 11.5 Å². The van der Waals surface area contributed by atoms with E-state index in [1.807, 2.05) is 0 Å². The highest BCUT2D eigenvalue weighted by Crippen LogP contribution is 2.37. The van der Waals surface area contributed by atoms with Crippen molar-refractivity contribution in [3.63, 3.8) is 0 Å². The zero-order valence-corrected chi connectivity index (χ0v) is 12.8. The van der Waals surface area contributed by atoms with Gasteiger partial charge in [-0.05, 0) is 30.7 Å². The Morgan fingerprint density at radius 1 is 1.36 bits per heavy atom. The molecule has 0 N–H and O–H groups in total. The third kappa shape index (κ3) is 4.69. The standard InChI is InChI=1S/C15H13ClN2O4/c1-3-21-14(19)9-22-15-12(16)5-10(6-13(15)20-2)4-11(7-17)8-18/h4-6H,3,9H2,1-2H3. The molecule has 0 heterocycles. The lowest BCUT2D eigenvalue weighted by Crippen LogP contribution is -2.15. The fourth-order valence-electron chi connectivity index (χ4n) is 1.55. The lowest BCUT2D eigenvalue weighted by Gasteiger charge is -2.12. The van der Waals surface area contributed by atoms with Crippen LogP contribution in [0.15, 0.2) is 17.7 Å². The Kier molecular flexibility index (Phi) is 6.75. The molecule has 1 aromatic carbocycles. The molecule has 0 bridgehead atoms. The molecule has 114 valence electrons. The molecular weight excluding hydrogens is 308 g/mol. The summed E-state index contributed by atoms with van der Waals surface area (Å²) in [7, 11) is 1.41. The van der Waals surface area contributed by atoms with Crippen molar-refractivity contribution in [2.24, 2.45) is 0 Å². The summed E-state index contributed by atoms with van der Waals surface area (Å²) in [6.07, 6.45) is 1.36. The summed E-state index contributed by atoms with van der Waals surface area (Å²) >= 11 is 6.09. The van der Waals surface area contributed by atoms with Gasteiger partial charge in [0.25, 0.3) is 0 Å². The molecule has 22 heavy (non-hydrogen) atoms. The van der Waals surface area contributed by atoms with E-state index in [0.717, 1.165) is 0 Å². The first kappa shape index (κ1) is 17.4. The van der Waals surface area contributed by atoms with Crippen LogP contribution in [-0.4, -0.2) is 26.3 Å². The van der Waals surface area contributed by atoms with Crippen molar-refractivity contribution in [1.29, 1.82) is 10.5 Å². The molecule has 0 spiro atoms. The predicted octanol–water partition coefficient (Wildman–Crippen LogP) is 2.72. The van der Waals surface area contributed by atoms with Crippen LogP contribution in [0.2, 0.25) is 5.02 Å². The minimum absolute atomic E-state index is 0.0710. The summed E-state index contributed by atoms with van der Waals surface area (Å²) in [4.78, 5) is 11.3. The minimum Gasteiger partial charge on any atom is -0.493 e. The van der Waals surface area contributed by atoms with E-state index in [4.69, 9.17) is 36.3 Å². The number of nitriles is 2. The Morgan fingerprint density at radius 2 is 2.05 bits per heavy atom. The summed E-state index contributed by atoms with van der Waals surface area (Å²) in [6.45, 7) is 1.64. The zero-order valence-electron chi connectivity index (χ0n) is 12.1. The third-order valence-corrected chi connectivity index (χ3v) is 2.72. The molecule has 0 fully saturated rings. The van der Waals surface area contributed by atoms with E-state index in [9.17, 15) is 4.79 Å². The molecule has 0 aromatic heterocycles. The number of nitrogens with zero attached hydrogens (tertiary/aromatic N) is 2. The first-order valence-electron chi connectivity index (χ1n) is 6.23. The van der Waals surface area contributed by atoms with Gasteiger partial charge in [-0.2, -0.15) is 10.5 Å². The van der Waals surface area contributed by atoms with Gasteiger partial charge in [-0.1, -0.05) is 11.6 Å². The normalized spacial score (nSPS) is 9.14. The number of hydrogen-bond donors (Lipinski definition) is 0. The van der Waals surface area contributed by atoms with Crippen molar-refractivity contribution in [2.75, 3.05) is 20.3 Å². The zero-order chi connectivity index (χ0) is 16.5. The molecule has 1 rings (SSSR count). The van der Waals surface area contributed by atoms with Crippen LogP contribution in [0.4, 0.5) is 0 Å². The van der Waals surface area contributed by atoms with Crippen molar-refractivity contribution in [3.05, 3.63) is 28.3 Å². The molecule has 0 radical (unpaired) electrons. The number of ether oxygens (including phenoxy) is 3. The third-order valence-electron chi connectivity index (χ3n) is 2.44. The molecule has 0 aliphatic heterocycles. The van der Waals surface area contributed by atoms with E-state index in [1.165, 1.54) is 19.3 Å². The molecule has 0 amide bonds. The number of methoxy groups -OCH3 is 1. The van der Waals surface area contributed by atoms with Crippen LogP contribution < -0.4 is 9.47 Å². The maximum absolute atomic E-state index is 11.3. The number of hydrogen-bond acceptors (Lipinski definition) is 6.